The van der Waals surface area contributed by atoms with Gasteiger partial charge in [-0.05, 0) is 28.9 Å². The maximum absolute atomic E-state index is 11.2. The zero-order chi connectivity index (χ0) is 12.2. The molecule has 1 atom stereocenters. The van der Waals surface area contributed by atoms with E-state index in [4.69, 9.17) is 0 Å². The molecule has 1 rings (SSSR count). The van der Waals surface area contributed by atoms with E-state index in [2.05, 4.69) is 26.0 Å². The van der Waals surface area contributed by atoms with Gasteiger partial charge in [0.25, 0.3) is 0 Å². The molecule has 0 aliphatic carbocycles. The topological polar surface area (TPSA) is 58.6 Å². The zero-order valence-corrected chi connectivity index (χ0v) is 11.5. The lowest BCUT2D eigenvalue weighted by Crippen LogP contribution is -2.45. The Labute approximate surface area is 107 Å². The zero-order valence-electron chi connectivity index (χ0n) is 9.12. The second kappa shape index (κ2) is 5.77. The molecule has 0 radical (unpaired) electrons. The van der Waals surface area contributed by atoms with Crippen LogP contribution in [0.5, 0.6) is 0 Å². The first-order chi connectivity index (χ1) is 7.45. The van der Waals surface area contributed by atoms with E-state index in [0.717, 1.165) is 9.35 Å². The highest BCUT2D eigenvalue weighted by Gasteiger charge is 2.30. The summed E-state index contributed by atoms with van der Waals surface area (Å²) in [4.78, 5) is 12.3. The van der Waals surface area contributed by atoms with Gasteiger partial charge in [-0.15, -0.1) is 11.3 Å². The van der Waals surface area contributed by atoms with E-state index in [1.165, 1.54) is 14.0 Å². The molecule has 0 aliphatic heterocycles. The molecule has 0 amide bonds. The number of carbonyl (C=O) groups is 1. The minimum atomic E-state index is -1.48. The molecule has 2 N–H and O–H groups in total. The van der Waals surface area contributed by atoms with E-state index in [1.54, 1.807) is 11.3 Å². The highest BCUT2D eigenvalue weighted by molar-refractivity contribution is 9.10. The first-order valence-corrected chi connectivity index (χ1v) is 6.37. The minimum absolute atomic E-state index is 0.162. The normalized spacial score (nSPS) is 14.5. The van der Waals surface area contributed by atoms with Crippen LogP contribution >= 0.6 is 27.3 Å². The van der Waals surface area contributed by atoms with Crippen LogP contribution in [-0.2, 0) is 16.1 Å². The molecular weight excluding hydrogens is 294 g/mol. The summed E-state index contributed by atoms with van der Waals surface area (Å²) in [6.45, 7) is 2.20. The first kappa shape index (κ1) is 13.6. The van der Waals surface area contributed by atoms with Crippen LogP contribution in [0.2, 0.25) is 0 Å². The third-order valence-corrected chi connectivity index (χ3v) is 3.71. The van der Waals surface area contributed by atoms with E-state index < -0.39 is 11.6 Å². The van der Waals surface area contributed by atoms with Gasteiger partial charge in [0.2, 0.25) is 0 Å². The molecule has 4 nitrogen and oxygen atoms in total. The number of aliphatic hydroxyl groups is 1. The average Bonchev–Trinajstić information content (AvgIpc) is 2.62. The van der Waals surface area contributed by atoms with Crippen molar-refractivity contribution in [2.24, 2.45) is 0 Å². The maximum atomic E-state index is 11.2. The summed E-state index contributed by atoms with van der Waals surface area (Å²) >= 11 is 4.96. The molecule has 90 valence electrons. The van der Waals surface area contributed by atoms with Crippen molar-refractivity contribution in [3.63, 3.8) is 0 Å². The molecule has 1 aromatic heterocycles. The summed E-state index contributed by atoms with van der Waals surface area (Å²) in [5.41, 5.74) is -1.48. The van der Waals surface area contributed by atoms with Gasteiger partial charge in [0, 0.05) is 27.8 Å². The fraction of sp³-hybridized carbons (Fsp3) is 0.500. The highest BCUT2D eigenvalue weighted by atomic mass is 79.9. The van der Waals surface area contributed by atoms with Crippen LogP contribution < -0.4 is 5.32 Å². The number of ether oxygens (including phenoxy) is 1. The fourth-order valence-electron chi connectivity index (χ4n) is 1.17. The summed E-state index contributed by atoms with van der Waals surface area (Å²) in [7, 11) is 1.26. The van der Waals surface area contributed by atoms with Crippen LogP contribution in [0.25, 0.3) is 0 Å². The van der Waals surface area contributed by atoms with Gasteiger partial charge in [-0.25, -0.2) is 4.79 Å². The number of esters is 1. The number of halogens is 1. The standard InChI is InChI=1S/C10H14BrNO3S/c1-10(14,9(13)15-2)6-12-4-8-3-7(11)5-16-8/h3,5,12,14H,4,6H2,1-2H3. The number of carbonyl (C=O) groups excluding carboxylic acids is 1. The smallest absolute Gasteiger partial charge is 0.338 e. The Kier molecular flexibility index (Phi) is 4.91. The van der Waals surface area contributed by atoms with Crippen molar-refractivity contribution in [1.29, 1.82) is 0 Å². The molecule has 6 heteroatoms. The maximum Gasteiger partial charge on any atom is 0.338 e. The quantitative estimate of drug-likeness (QED) is 0.810. The van der Waals surface area contributed by atoms with E-state index in [1.807, 2.05) is 11.4 Å². The van der Waals surface area contributed by atoms with Crippen molar-refractivity contribution in [1.82, 2.24) is 5.32 Å². The summed E-state index contributed by atoms with van der Waals surface area (Å²) in [6.07, 6.45) is 0. The third kappa shape index (κ3) is 3.86. The van der Waals surface area contributed by atoms with Crippen LogP contribution in [-0.4, -0.2) is 30.3 Å². The van der Waals surface area contributed by atoms with E-state index in [9.17, 15) is 9.90 Å². The van der Waals surface area contributed by atoms with Crippen LogP contribution in [0.4, 0.5) is 0 Å². The number of thiophene rings is 1. The number of methoxy groups -OCH3 is 1. The van der Waals surface area contributed by atoms with Crippen molar-refractivity contribution >= 4 is 33.2 Å². The van der Waals surface area contributed by atoms with Crippen LogP contribution in [0, 0.1) is 0 Å². The molecule has 1 aromatic rings. The van der Waals surface area contributed by atoms with Crippen molar-refractivity contribution in [2.45, 2.75) is 19.1 Å². The van der Waals surface area contributed by atoms with Gasteiger partial charge in [-0.3, -0.25) is 0 Å². The van der Waals surface area contributed by atoms with Gasteiger partial charge in [-0.2, -0.15) is 0 Å². The summed E-state index contributed by atoms with van der Waals surface area (Å²) < 4.78 is 5.52. The average molecular weight is 308 g/mol. The lowest BCUT2D eigenvalue weighted by molar-refractivity contribution is -0.159. The third-order valence-electron chi connectivity index (χ3n) is 2.02. The number of hydrogen-bond acceptors (Lipinski definition) is 5. The summed E-state index contributed by atoms with van der Waals surface area (Å²) in [5.74, 6) is -0.632. The molecule has 1 unspecified atom stereocenters. The van der Waals surface area contributed by atoms with Gasteiger partial charge in [0.1, 0.15) is 0 Å². The Bertz CT molecular complexity index is 365. The minimum Gasteiger partial charge on any atom is -0.467 e. The van der Waals surface area contributed by atoms with Crippen LogP contribution in [0.15, 0.2) is 15.9 Å². The largest absolute Gasteiger partial charge is 0.467 e. The van der Waals surface area contributed by atoms with E-state index >= 15 is 0 Å². The summed E-state index contributed by atoms with van der Waals surface area (Å²) in [6, 6.07) is 1.99. The SMILES string of the molecule is COC(=O)C(C)(O)CNCc1cc(Br)cs1. The molecule has 0 spiro atoms. The predicted molar refractivity (Wildman–Crippen MR) is 66.4 cm³/mol. The predicted octanol–water partition coefficient (Wildman–Crippen LogP) is 1.52. The van der Waals surface area contributed by atoms with Gasteiger partial charge in [-0.1, -0.05) is 0 Å². The van der Waals surface area contributed by atoms with Crippen molar-refractivity contribution < 1.29 is 14.6 Å². The van der Waals surface area contributed by atoms with E-state index in [0.29, 0.717) is 6.54 Å². The molecule has 0 aliphatic rings. The highest BCUT2D eigenvalue weighted by Crippen LogP contribution is 2.19. The number of hydrogen-bond donors (Lipinski definition) is 2. The van der Waals surface area contributed by atoms with E-state index in [-0.39, 0.29) is 6.54 Å². The van der Waals surface area contributed by atoms with Crippen molar-refractivity contribution in [3.05, 3.63) is 20.8 Å². The Balaban J connectivity index is 2.38. The Hall–Kier alpha value is -0.430. The molecule has 0 aromatic carbocycles. The van der Waals surface area contributed by atoms with Gasteiger partial charge >= 0.3 is 5.97 Å². The Morgan fingerprint density at radius 2 is 2.44 bits per heavy atom. The van der Waals surface area contributed by atoms with Crippen LogP contribution in [0.1, 0.15) is 11.8 Å². The molecule has 0 bridgehead atoms. The van der Waals surface area contributed by atoms with Crippen LogP contribution in [0.3, 0.4) is 0 Å². The second-order valence-electron chi connectivity index (χ2n) is 3.60. The molecule has 0 saturated carbocycles. The first-order valence-electron chi connectivity index (χ1n) is 4.70. The Morgan fingerprint density at radius 3 is 2.94 bits per heavy atom. The van der Waals surface area contributed by atoms with Gasteiger partial charge in [0.05, 0.1) is 7.11 Å². The molecule has 1 heterocycles. The van der Waals surface area contributed by atoms with Gasteiger partial charge in [0.15, 0.2) is 5.60 Å². The van der Waals surface area contributed by atoms with Crippen molar-refractivity contribution in [2.75, 3.05) is 13.7 Å². The second-order valence-corrected chi connectivity index (χ2v) is 5.51. The lowest BCUT2D eigenvalue weighted by atomic mass is 10.1. The summed E-state index contributed by atoms with van der Waals surface area (Å²) in [5, 5.41) is 14.7. The molecular formula is C10H14BrNO3S. The molecule has 0 fully saturated rings. The Morgan fingerprint density at radius 1 is 1.75 bits per heavy atom. The molecule has 0 saturated heterocycles. The fourth-order valence-corrected chi connectivity index (χ4v) is 2.59. The number of rotatable bonds is 5. The molecule has 16 heavy (non-hydrogen) atoms. The van der Waals surface area contributed by atoms with Crippen molar-refractivity contribution in [3.8, 4) is 0 Å². The number of nitrogens with one attached hydrogen (secondary N) is 1. The monoisotopic (exact) mass is 307 g/mol. The van der Waals surface area contributed by atoms with Gasteiger partial charge < -0.3 is 15.2 Å². The lowest BCUT2D eigenvalue weighted by Gasteiger charge is -2.20.